The van der Waals surface area contributed by atoms with Gasteiger partial charge in [0.2, 0.25) is 5.91 Å². The fourth-order valence-corrected chi connectivity index (χ4v) is 3.92. The number of amides is 1. The number of nitriles is 1. The van der Waals surface area contributed by atoms with Crippen LogP contribution in [-0.2, 0) is 4.79 Å². The van der Waals surface area contributed by atoms with Gasteiger partial charge in [0.15, 0.2) is 5.16 Å². The van der Waals surface area contributed by atoms with Crippen LogP contribution in [0.1, 0.15) is 17.5 Å². The van der Waals surface area contributed by atoms with Crippen molar-refractivity contribution in [2.24, 2.45) is 0 Å². The first-order chi connectivity index (χ1) is 14.5. The molecule has 0 N–H and O–H groups in total. The minimum absolute atomic E-state index is 0.102. The Morgan fingerprint density at radius 3 is 2.77 bits per heavy atom. The van der Waals surface area contributed by atoms with Gasteiger partial charge in [0.1, 0.15) is 5.75 Å². The van der Waals surface area contributed by atoms with Crippen LogP contribution in [-0.4, -0.2) is 34.9 Å². The van der Waals surface area contributed by atoms with Crippen LogP contribution in [0, 0.1) is 25.2 Å². The number of hydrogen-bond donors (Lipinski definition) is 0. The Morgan fingerprint density at radius 2 is 2.03 bits per heavy atom. The third-order valence-corrected chi connectivity index (χ3v) is 5.78. The summed E-state index contributed by atoms with van der Waals surface area (Å²) in [6.45, 7) is 4.46. The summed E-state index contributed by atoms with van der Waals surface area (Å²) < 4.78 is 7.38. The molecule has 0 unspecified atom stereocenters. The molecule has 0 atom stereocenters. The number of benzene rings is 2. The van der Waals surface area contributed by atoms with Gasteiger partial charge >= 0.3 is 0 Å². The summed E-state index contributed by atoms with van der Waals surface area (Å²) in [4.78, 5) is 19.1. The van der Waals surface area contributed by atoms with Gasteiger partial charge in [-0.05, 0) is 49.2 Å². The lowest BCUT2D eigenvalue weighted by atomic mass is 10.1. The van der Waals surface area contributed by atoms with Crippen molar-refractivity contribution < 1.29 is 9.53 Å². The molecule has 0 bridgehead atoms. The van der Waals surface area contributed by atoms with E-state index >= 15 is 0 Å². The second-order valence-electron chi connectivity index (χ2n) is 6.76. The van der Waals surface area contributed by atoms with Crippen LogP contribution in [0.3, 0.4) is 0 Å². The normalized spacial score (nSPS) is 10.5. The maximum Gasteiger partial charge on any atom is 0.237 e. The van der Waals surface area contributed by atoms with E-state index < -0.39 is 0 Å². The number of aromatic nitrogens is 2. The van der Waals surface area contributed by atoms with Gasteiger partial charge in [-0.1, -0.05) is 30.0 Å². The monoisotopic (exact) mass is 420 g/mol. The summed E-state index contributed by atoms with van der Waals surface area (Å²) >= 11 is 1.37. The molecule has 3 aromatic rings. The molecule has 0 radical (unpaired) electrons. The molecular formula is C23H24N4O2S. The number of carbonyl (C=O) groups is 1. The van der Waals surface area contributed by atoms with Crippen molar-refractivity contribution in [1.82, 2.24) is 9.55 Å². The first kappa shape index (κ1) is 21.5. The van der Waals surface area contributed by atoms with E-state index in [-0.39, 0.29) is 18.1 Å². The quantitative estimate of drug-likeness (QED) is 0.501. The third kappa shape index (κ3) is 4.84. The predicted octanol–water partition coefficient (Wildman–Crippen LogP) is 4.54. The highest BCUT2D eigenvalue weighted by atomic mass is 32.2. The zero-order chi connectivity index (χ0) is 21.5. The molecule has 0 aliphatic rings. The molecule has 0 aliphatic heterocycles. The number of carbonyl (C=O) groups excluding carboxylic acids is 1. The Bertz CT molecular complexity index is 1070. The topological polar surface area (TPSA) is 71.2 Å². The molecule has 0 aliphatic carbocycles. The average Bonchev–Trinajstić information content (AvgIpc) is 3.23. The maximum absolute atomic E-state index is 13.1. The molecule has 3 rings (SSSR count). The molecule has 0 fully saturated rings. The molecule has 154 valence electrons. The Kier molecular flexibility index (Phi) is 7.15. The number of methoxy groups -OCH3 is 1. The van der Waals surface area contributed by atoms with Crippen LogP contribution in [0.4, 0.5) is 5.69 Å². The molecule has 1 heterocycles. The summed E-state index contributed by atoms with van der Waals surface area (Å²) in [5.41, 5.74) is 4.11. The van der Waals surface area contributed by atoms with Crippen molar-refractivity contribution in [2.45, 2.75) is 25.4 Å². The molecule has 0 saturated carbocycles. The van der Waals surface area contributed by atoms with Gasteiger partial charge in [-0.15, -0.1) is 0 Å². The van der Waals surface area contributed by atoms with Gasteiger partial charge in [0, 0.05) is 24.6 Å². The molecule has 2 aromatic carbocycles. The van der Waals surface area contributed by atoms with Crippen LogP contribution in [0.5, 0.6) is 5.75 Å². The summed E-state index contributed by atoms with van der Waals surface area (Å²) in [7, 11) is 1.57. The van der Waals surface area contributed by atoms with E-state index in [0.717, 1.165) is 10.8 Å². The second-order valence-corrected chi connectivity index (χ2v) is 7.70. The van der Waals surface area contributed by atoms with Crippen molar-refractivity contribution in [2.75, 3.05) is 24.3 Å². The number of aryl methyl sites for hydroxylation is 2. The lowest BCUT2D eigenvalue weighted by Crippen LogP contribution is -2.33. The van der Waals surface area contributed by atoms with Crippen molar-refractivity contribution in [3.63, 3.8) is 0 Å². The van der Waals surface area contributed by atoms with E-state index in [1.165, 1.54) is 22.9 Å². The van der Waals surface area contributed by atoms with E-state index in [0.29, 0.717) is 18.0 Å². The molecule has 7 heteroatoms. The Morgan fingerprint density at radius 1 is 1.23 bits per heavy atom. The molecule has 30 heavy (non-hydrogen) atoms. The molecular weight excluding hydrogens is 396 g/mol. The molecule has 1 amide bonds. The van der Waals surface area contributed by atoms with E-state index in [2.05, 4.69) is 37.0 Å². The predicted molar refractivity (Wildman–Crippen MR) is 119 cm³/mol. The van der Waals surface area contributed by atoms with Gasteiger partial charge < -0.3 is 9.64 Å². The number of para-hydroxylation sites is 2. The number of rotatable bonds is 8. The first-order valence-electron chi connectivity index (χ1n) is 9.59. The minimum Gasteiger partial charge on any atom is -0.495 e. The van der Waals surface area contributed by atoms with Crippen molar-refractivity contribution in [3.8, 4) is 17.5 Å². The summed E-state index contributed by atoms with van der Waals surface area (Å²) in [6.07, 6.45) is 3.87. The third-order valence-electron chi connectivity index (χ3n) is 4.82. The van der Waals surface area contributed by atoms with Crippen molar-refractivity contribution in [3.05, 3.63) is 66.0 Å². The largest absolute Gasteiger partial charge is 0.495 e. The highest BCUT2D eigenvalue weighted by molar-refractivity contribution is 7.99. The molecule has 0 saturated heterocycles. The first-order valence-corrected chi connectivity index (χ1v) is 10.6. The number of hydrogen-bond acceptors (Lipinski definition) is 5. The number of nitrogens with zero attached hydrogens (tertiary/aromatic N) is 4. The van der Waals surface area contributed by atoms with Gasteiger partial charge in [0.25, 0.3) is 0 Å². The molecule has 0 spiro atoms. The highest BCUT2D eigenvalue weighted by Gasteiger charge is 2.20. The summed E-state index contributed by atoms with van der Waals surface area (Å²) in [6, 6.07) is 15.7. The summed E-state index contributed by atoms with van der Waals surface area (Å²) in [5.74, 6) is 0.700. The van der Waals surface area contributed by atoms with Crippen molar-refractivity contribution in [1.29, 1.82) is 5.26 Å². The second kappa shape index (κ2) is 9.99. The lowest BCUT2D eigenvalue weighted by Gasteiger charge is -2.23. The van der Waals surface area contributed by atoms with Crippen molar-refractivity contribution >= 4 is 23.4 Å². The standard InChI is InChI=1S/C23H24N4O2S/c1-17-9-10-19(15-18(17)2)26-14-12-25-23(26)30-16-22(28)27(13-6-11-24)20-7-4-5-8-21(20)29-3/h4-5,7-10,12,14-15H,6,13,16H2,1-3H3. The Hall–Kier alpha value is -3.24. The smallest absolute Gasteiger partial charge is 0.237 e. The van der Waals surface area contributed by atoms with Crippen LogP contribution >= 0.6 is 11.8 Å². The highest BCUT2D eigenvalue weighted by Crippen LogP contribution is 2.29. The SMILES string of the molecule is COc1ccccc1N(CCC#N)C(=O)CSc1nccn1-c1ccc(C)c(C)c1. The minimum atomic E-state index is -0.102. The number of anilines is 1. The zero-order valence-electron chi connectivity index (χ0n) is 17.3. The van der Waals surface area contributed by atoms with E-state index in [1.807, 2.05) is 41.1 Å². The Labute approximate surface area is 181 Å². The Balaban J connectivity index is 1.79. The fraction of sp³-hybridized carbons (Fsp3) is 0.261. The van der Waals surface area contributed by atoms with Crippen LogP contribution in [0.15, 0.2) is 60.0 Å². The molecule has 6 nitrogen and oxygen atoms in total. The fourth-order valence-electron chi connectivity index (χ4n) is 3.07. The van der Waals surface area contributed by atoms with Crippen LogP contribution in [0.2, 0.25) is 0 Å². The lowest BCUT2D eigenvalue weighted by molar-refractivity contribution is -0.116. The van der Waals surface area contributed by atoms with E-state index in [9.17, 15) is 4.79 Å². The maximum atomic E-state index is 13.1. The van der Waals surface area contributed by atoms with Gasteiger partial charge in [-0.3, -0.25) is 9.36 Å². The number of ether oxygens (including phenoxy) is 1. The number of thioether (sulfide) groups is 1. The van der Waals surface area contributed by atoms with Crippen LogP contribution < -0.4 is 9.64 Å². The van der Waals surface area contributed by atoms with Crippen LogP contribution in [0.25, 0.3) is 5.69 Å². The van der Waals surface area contributed by atoms with Gasteiger partial charge in [-0.2, -0.15) is 5.26 Å². The summed E-state index contributed by atoms with van der Waals surface area (Å²) in [5, 5.41) is 9.76. The zero-order valence-corrected chi connectivity index (χ0v) is 18.1. The molecule has 1 aromatic heterocycles. The average molecular weight is 421 g/mol. The van der Waals surface area contributed by atoms with E-state index in [4.69, 9.17) is 10.00 Å². The van der Waals surface area contributed by atoms with Gasteiger partial charge in [-0.25, -0.2) is 4.98 Å². The number of imidazole rings is 1. The van der Waals surface area contributed by atoms with Gasteiger partial charge in [0.05, 0.1) is 31.0 Å². The van der Waals surface area contributed by atoms with E-state index in [1.54, 1.807) is 18.2 Å².